The summed E-state index contributed by atoms with van der Waals surface area (Å²) in [5.74, 6) is -0.315. The maximum absolute atomic E-state index is 12.9. The largest absolute Gasteiger partial charge is 0.457 e. The SMILES string of the molecule is CCCCCCC/C=C\C/C=C\CCCCCCCCCCCCCCOCC(COC1OC(CO)C(O)C(O)C1O)OC(=O)CCCCCCCCC/C=C\CCCCCCCCC. The molecule has 0 saturated carbocycles. The van der Waals surface area contributed by atoms with Gasteiger partial charge in [0.1, 0.15) is 30.5 Å². The van der Waals surface area contributed by atoms with Crippen molar-refractivity contribution in [2.24, 2.45) is 0 Å². The van der Waals surface area contributed by atoms with Crippen LogP contribution in [0.1, 0.15) is 251 Å². The van der Waals surface area contributed by atoms with Crippen LogP contribution in [0, 0.1) is 0 Å². The van der Waals surface area contributed by atoms with Crippen LogP contribution in [0.15, 0.2) is 36.5 Å². The van der Waals surface area contributed by atoms with Crippen molar-refractivity contribution in [2.75, 3.05) is 26.4 Å². The average Bonchev–Trinajstić information content (AvgIpc) is 3.31. The lowest BCUT2D eigenvalue weighted by atomic mass is 9.99. The Morgan fingerprint density at radius 3 is 1.34 bits per heavy atom. The van der Waals surface area contributed by atoms with Crippen LogP contribution in [0.2, 0.25) is 0 Å². The number of aliphatic hydroxyl groups is 4. The molecule has 1 rings (SSSR count). The lowest BCUT2D eigenvalue weighted by Crippen LogP contribution is -2.59. The van der Waals surface area contributed by atoms with Crippen LogP contribution in [0.25, 0.3) is 0 Å². The molecule has 0 amide bonds. The molecule has 6 unspecified atom stereocenters. The summed E-state index contributed by atoms with van der Waals surface area (Å²) in [4.78, 5) is 12.9. The highest BCUT2D eigenvalue weighted by Gasteiger charge is 2.44. The second-order valence-electron chi connectivity index (χ2n) is 19.0. The van der Waals surface area contributed by atoms with Crippen LogP contribution in [-0.2, 0) is 23.7 Å². The van der Waals surface area contributed by atoms with Crippen molar-refractivity contribution in [3.05, 3.63) is 36.5 Å². The van der Waals surface area contributed by atoms with Crippen molar-refractivity contribution < 1.29 is 44.2 Å². The quantitative estimate of drug-likeness (QED) is 0.0267. The van der Waals surface area contributed by atoms with Gasteiger partial charge in [0.05, 0.1) is 19.8 Å². The lowest BCUT2D eigenvalue weighted by molar-refractivity contribution is -0.305. The molecule has 9 nitrogen and oxygen atoms in total. The maximum Gasteiger partial charge on any atom is 0.306 e. The molecular formula is C56H104O9. The summed E-state index contributed by atoms with van der Waals surface area (Å²) in [6.07, 6.45) is 51.8. The number of esters is 1. The van der Waals surface area contributed by atoms with Gasteiger partial charge in [0, 0.05) is 13.0 Å². The Balaban J connectivity index is 2.17. The minimum absolute atomic E-state index is 0.114. The van der Waals surface area contributed by atoms with Crippen molar-refractivity contribution in [1.29, 1.82) is 0 Å². The van der Waals surface area contributed by atoms with E-state index in [1.54, 1.807) is 0 Å². The maximum atomic E-state index is 12.9. The molecule has 0 spiro atoms. The highest BCUT2D eigenvalue weighted by atomic mass is 16.7. The van der Waals surface area contributed by atoms with Crippen LogP contribution >= 0.6 is 0 Å². The molecule has 1 fully saturated rings. The van der Waals surface area contributed by atoms with Gasteiger partial charge < -0.3 is 39.4 Å². The zero-order chi connectivity index (χ0) is 47.1. The summed E-state index contributed by atoms with van der Waals surface area (Å²) in [7, 11) is 0. The molecule has 0 aromatic rings. The van der Waals surface area contributed by atoms with E-state index in [2.05, 4.69) is 50.3 Å². The molecule has 0 radical (unpaired) electrons. The Hall–Kier alpha value is -1.59. The van der Waals surface area contributed by atoms with Gasteiger partial charge in [0.25, 0.3) is 0 Å². The van der Waals surface area contributed by atoms with Crippen molar-refractivity contribution in [1.82, 2.24) is 0 Å². The fourth-order valence-corrected chi connectivity index (χ4v) is 8.46. The first-order valence-electron chi connectivity index (χ1n) is 27.6. The van der Waals surface area contributed by atoms with Crippen molar-refractivity contribution in [3.8, 4) is 0 Å². The Bertz CT molecular complexity index is 1090. The van der Waals surface area contributed by atoms with E-state index in [4.69, 9.17) is 18.9 Å². The highest BCUT2D eigenvalue weighted by Crippen LogP contribution is 2.23. The summed E-state index contributed by atoms with van der Waals surface area (Å²) in [6, 6.07) is 0. The van der Waals surface area contributed by atoms with Gasteiger partial charge in [0.2, 0.25) is 0 Å². The highest BCUT2D eigenvalue weighted by molar-refractivity contribution is 5.69. The van der Waals surface area contributed by atoms with Crippen LogP contribution in [0.4, 0.5) is 0 Å². The zero-order valence-electron chi connectivity index (χ0n) is 42.2. The molecule has 1 aliphatic heterocycles. The molecule has 65 heavy (non-hydrogen) atoms. The number of hydrogen-bond donors (Lipinski definition) is 4. The van der Waals surface area contributed by atoms with Gasteiger partial charge in [0.15, 0.2) is 6.29 Å². The number of carbonyl (C=O) groups is 1. The summed E-state index contributed by atoms with van der Waals surface area (Å²) in [6.45, 7) is 4.58. The van der Waals surface area contributed by atoms with Crippen LogP contribution in [-0.4, -0.2) is 89.6 Å². The number of rotatable bonds is 48. The second-order valence-corrected chi connectivity index (χ2v) is 19.0. The van der Waals surface area contributed by atoms with Crippen molar-refractivity contribution in [2.45, 2.75) is 288 Å². The van der Waals surface area contributed by atoms with Crippen LogP contribution in [0.5, 0.6) is 0 Å². The molecular weight excluding hydrogens is 817 g/mol. The molecule has 1 heterocycles. The predicted molar refractivity (Wildman–Crippen MR) is 270 cm³/mol. The summed E-state index contributed by atoms with van der Waals surface area (Å²) in [5, 5.41) is 40.3. The van der Waals surface area contributed by atoms with E-state index in [0.29, 0.717) is 13.0 Å². The molecule has 1 saturated heterocycles. The number of allylic oxidation sites excluding steroid dienone is 6. The third-order valence-corrected chi connectivity index (χ3v) is 12.8. The van der Waals surface area contributed by atoms with E-state index in [0.717, 1.165) is 38.5 Å². The minimum Gasteiger partial charge on any atom is -0.457 e. The first-order chi connectivity index (χ1) is 31.9. The molecule has 0 bridgehead atoms. The van der Waals surface area contributed by atoms with Crippen LogP contribution in [0.3, 0.4) is 0 Å². The number of hydrogen-bond acceptors (Lipinski definition) is 9. The summed E-state index contributed by atoms with van der Waals surface area (Å²) < 4.78 is 22.9. The number of ether oxygens (including phenoxy) is 4. The lowest BCUT2D eigenvalue weighted by Gasteiger charge is -2.39. The average molecular weight is 921 g/mol. The van der Waals surface area contributed by atoms with Gasteiger partial charge in [-0.2, -0.15) is 0 Å². The van der Waals surface area contributed by atoms with E-state index >= 15 is 0 Å². The molecule has 4 N–H and O–H groups in total. The standard InChI is InChI=1S/C56H104O9/c1-3-5-7-9-11-13-15-17-19-21-23-24-25-26-27-28-30-32-34-36-38-40-42-44-46-62-48-50(49-63-56-55(61)54(60)53(59)51(47-57)65-56)64-52(58)45-43-41-39-37-35-33-31-29-22-20-18-16-14-12-10-8-6-4-2/h15,17,20-23,50-51,53-57,59-61H,3-14,16,18-19,24-49H2,1-2H3/b17-15-,22-20-,23-21-. The predicted octanol–water partition coefficient (Wildman–Crippen LogP) is 13.9. The molecule has 1 aliphatic rings. The molecule has 382 valence electrons. The first-order valence-corrected chi connectivity index (χ1v) is 27.6. The van der Waals surface area contributed by atoms with Gasteiger partial charge in [-0.3, -0.25) is 4.79 Å². The summed E-state index contributed by atoms with van der Waals surface area (Å²) in [5.41, 5.74) is 0. The normalized spacial score (nSPS) is 19.6. The molecule has 0 aromatic carbocycles. The number of unbranched alkanes of at least 4 members (excludes halogenated alkanes) is 31. The van der Waals surface area contributed by atoms with Gasteiger partial charge in [-0.05, 0) is 70.6 Å². The molecule has 0 aliphatic carbocycles. The van der Waals surface area contributed by atoms with Gasteiger partial charge in [-0.1, -0.05) is 211 Å². The third kappa shape index (κ3) is 38.0. The fraction of sp³-hybridized carbons (Fsp3) is 0.875. The van der Waals surface area contributed by atoms with Crippen molar-refractivity contribution >= 4 is 5.97 Å². The second kappa shape index (κ2) is 47.5. The van der Waals surface area contributed by atoms with E-state index in [9.17, 15) is 25.2 Å². The van der Waals surface area contributed by atoms with E-state index in [1.807, 2.05) is 0 Å². The molecule has 9 heteroatoms. The van der Waals surface area contributed by atoms with Crippen LogP contribution < -0.4 is 0 Å². The topological polar surface area (TPSA) is 135 Å². The van der Waals surface area contributed by atoms with E-state index in [1.165, 1.54) is 193 Å². The molecule has 0 aromatic heterocycles. The number of carbonyl (C=O) groups excluding carboxylic acids is 1. The van der Waals surface area contributed by atoms with E-state index < -0.39 is 43.4 Å². The zero-order valence-corrected chi connectivity index (χ0v) is 42.2. The van der Waals surface area contributed by atoms with Gasteiger partial charge in [-0.25, -0.2) is 0 Å². The smallest absolute Gasteiger partial charge is 0.306 e. The fourth-order valence-electron chi connectivity index (χ4n) is 8.46. The van der Waals surface area contributed by atoms with E-state index in [-0.39, 0.29) is 19.2 Å². The molecule has 6 atom stereocenters. The minimum atomic E-state index is -1.54. The van der Waals surface area contributed by atoms with Gasteiger partial charge in [-0.15, -0.1) is 0 Å². The Morgan fingerprint density at radius 2 is 0.892 bits per heavy atom. The number of aliphatic hydroxyl groups excluding tert-OH is 4. The monoisotopic (exact) mass is 921 g/mol. The Morgan fingerprint density at radius 1 is 0.492 bits per heavy atom. The Labute approximate surface area is 400 Å². The Kier molecular flexibility index (Phi) is 44.9. The third-order valence-electron chi connectivity index (χ3n) is 12.8. The first kappa shape index (κ1) is 61.4. The summed E-state index contributed by atoms with van der Waals surface area (Å²) >= 11 is 0. The van der Waals surface area contributed by atoms with Crippen molar-refractivity contribution in [3.63, 3.8) is 0 Å². The van der Waals surface area contributed by atoms with Gasteiger partial charge >= 0.3 is 5.97 Å².